The number of rotatable bonds is 8. The maximum Gasteiger partial charge on any atom is 0.242 e. The van der Waals surface area contributed by atoms with Crippen LogP contribution in [0.1, 0.15) is 18.4 Å². The van der Waals surface area contributed by atoms with Gasteiger partial charge in [-0.2, -0.15) is 0 Å². The van der Waals surface area contributed by atoms with E-state index in [2.05, 4.69) is 4.72 Å². The first-order valence-corrected chi connectivity index (χ1v) is 8.93. The molecule has 0 radical (unpaired) electrons. The molecule has 0 heterocycles. The summed E-state index contributed by atoms with van der Waals surface area (Å²) in [5, 5.41) is 0.388. The van der Waals surface area contributed by atoms with E-state index in [-0.39, 0.29) is 28.0 Å². The minimum atomic E-state index is -3.73. The SMILES string of the molecule is NCc1cc(Cl)cc(S(=O)(=O)NCCOCC2CC2)c1Cl. The maximum absolute atomic E-state index is 12.2. The van der Waals surface area contributed by atoms with Crippen molar-refractivity contribution in [2.75, 3.05) is 19.8 Å². The Hall–Kier alpha value is -0.370. The van der Waals surface area contributed by atoms with Crippen LogP contribution < -0.4 is 10.5 Å². The van der Waals surface area contributed by atoms with Crippen molar-refractivity contribution in [3.63, 3.8) is 0 Å². The van der Waals surface area contributed by atoms with E-state index in [1.165, 1.54) is 18.9 Å². The molecule has 0 aliphatic heterocycles. The lowest BCUT2D eigenvalue weighted by atomic mass is 10.2. The number of hydrogen-bond donors (Lipinski definition) is 2. The van der Waals surface area contributed by atoms with Crippen LogP contribution >= 0.6 is 23.2 Å². The number of hydrogen-bond acceptors (Lipinski definition) is 4. The van der Waals surface area contributed by atoms with Crippen LogP contribution in [0, 0.1) is 5.92 Å². The van der Waals surface area contributed by atoms with Crippen LogP contribution in [0.15, 0.2) is 17.0 Å². The highest BCUT2D eigenvalue weighted by Crippen LogP contribution is 2.29. The van der Waals surface area contributed by atoms with Crippen molar-refractivity contribution in [2.45, 2.75) is 24.3 Å². The van der Waals surface area contributed by atoms with Crippen molar-refractivity contribution in [3.8, 4) is 0 Å². The summed E-state index contributed by atoms with van der Waals surface area (Å²) in [4.78, 5) is -0.0562. The van der Waals surface area contributed by atoms with Gasteiger partial charge in [-0.3, -0.25) is 0 Å². The Morgan fingerprint density at radius 3 is 2.67 bits per heavy atom. The van der Waals surface area contributed by atoms with Crippen LogP contribution in [0.25, 0.3) is 0 Å². The van der Waals surface area contributed by atoms with Gasteiger partial charge < -0.3 is 10.5 Å². The topological polar surface area (TPSA) is 81.4 Å². The highest BCUT2D eigenvalue weighted by Gasteiger charge is 2.22. The Labute approximate surface area is 134 Å². The van der Waals surface area contributed by atoms with Gasteiger partial charge in [0.15, 0.2) is 0 Å². The lowest BCUT2D eigenvalue weighted by Crippen LogP contribution is -2.28. The Balaban J connectivity index is 1.99. The van der Waals surface area contributed by atoms with Crippen LogP contribution in [0.2, 0.25) is 10.0 Å². The zero-order valence-corrected chi connectivity index (χ0v) is 13.8. The molecule has 1 aliphatic rings. The van der Waals surface area contributed by atoms with Crippen molar-refractivity contribution >= 4 is 33.2 Å². The third kappa shape index (κ3) is 4.81. The van der Waals surface area contributed by atoms with Crippen LogP contribution in [0.3, 0.4) is 0 Å². The molecule has 3 N–H and O–H groups in total. The number of halogens is 2. The van der Waals surface area contributed by atoms with Gasteiger partial charge in [-0.1, -0.05) is 23.2 Å². The molecule has 0 spiro atoms. The van der Waals surface area contributed by atoms with E-state index >= 15 is 0 Å². The van der Waals surface area contributed by atoms with Crippen molar-refractivity contribution < 1.29 is 13.2 Å². The van der Waals surface area contributed by atoms with Crippen molar-refractivity contribution in [2.24, 2.45) is 11.7 Å². The molecule has 1 aliphatic carbocycles. The minimum absolute atomic E-state index is 0.0562. The van der Waals surface area contributed by atoms with Crippen LogP contribution in [0.4, 0.5) is 0 Å². The molecule has 0 saturated heterocycles. The molecular weight excluding hydrogens is 335 g/mol. The van der Waals surface area contributed by atoms with Gasteiger partial charge in [-0.25, -0.2) is 13.1 Å². The Kier molecular flexibility index (Phi) is 5.88. The quantitative estimate of drug-likeness (QED) is 0.702. The van der Waals surface area contributed by atoms with E-state index in [1.807, 2.05) is 0 Å². The van der Waals surface area contributed by atoms with Gasteiger partial charge in [0.1, 0.15) is 4.90 Å². The zero-order chi connectivity index (χ0) is 15.5. The molecule has 5 nitrogen and oxygen atoms in total. The van der Waals surface area contributed by atoms with E-state index < -0.39 is 10.0 Å². The lowest BCUT2D eigenvalue weighted by Gasteiger charge is -2.11. The molecule has 0 atom stereocenters. The molecule has 8 heteroatoms. The predicted molar refractivity (Wildman–Crippen MR) is 83.1 cm³/mol. The molecule has 1 saturated carbocycles. The summed E-state index contributed by atoms with van der Waals surface area (Å²) in [7, 11) is -3.73. The van der Waals surface area contributed by atoms with Gasteiger partial charge in [0.2, 0.25) is 10.0 Å². The minimum Gasteiger partial charge on any atom is -0.380 e. The summed E-state index contributed by atoms with van der Waals surface area (Å²) in [5.41, 5.74) is 6.02. The van der Waals surface area contributed by atoms with Gasteiger partial charge in [-0.15, -0.1) is 0 Å². The highest BCUT2D eigenvalue weighted by atomic mass is 35.5. The first-order valence-electron chi connectivity index (χ1n) is 6.69. The van der Waals surface area contributed by atoms with Gasteiger partial charge in [0.05, 0.1) is 11.6 Å². The molecule has 118 valence electrons. The lowest BCUT2D eigenvalue weighted by molar-refractivity contribution is 0.129. The molecule has 0 bridgehead atoms. The summed E-state index contributed by atoms with van der Waals surface area (Å²) in [6, 6.07) is 2.87. The van der Waals surface area contributed by atoms with Crippen molar-refractivity contribution in [1.29, 1.82) is 0 Å². The number of nitrogens with two attached hydrogens (primary N) is 1. The third-order valence-electron chi connectivity index (χ3n) is 3.18. The summed E-state index contributed by atoms with van der Waals surface area (Å²) in [6.45, 7) is 1.33. The molecule has 0 unspecified atom stereocenters. The largest absolute Gasteiger partial charge is 0.380 e. The first-order chi connectivity index (χ1) is 9.94. The average molecular weight is 353 g/mol. The molecule has 1 fully saturated rings. The van der Waals surface area contributed by atoms with Crippen molar-refractivity contribution in [3.05, 3.63) is 27.7 Å². The fraction of sp³-hybridized carbons (Fsp3) is 0.538. The summed E-state index contributed by atoms with van der Waals surface area (Å²) in [6.07, 6.45) is 2.40. The smallest absolute Gasteiger partial charge is 0.242 e. The second-order valence-corrected chi connectivity index (χ2v) is 7.55. The first kappa shape index (κ1) is 17.0. The zero-order valence-electron chi connectivity index (χ0n) is 11.4. The van der Waals surface area contributed by atoms with E-state index in [0.717, 1.165) is 0 Å². The third-order valence-corrected chi connectivity index (χ3v) is 5.44. The number of sulfonamides is 1. The van der Waals surface area contributed by atoms with Gasteiger partial charge in [0, 0.05) is 24.7 Å². The molecule has 21 heavy (non-hydrogen) atoms. The fourth-order valence-electron chi connectivity index (χ4n) is 1.82. The molecule has 0 amide bonds. The number of ether oxygens (including phenoxy) is 1. The van der Waals surface area contributed by atoms with Gasteiger partial charge >= 0.3 is 0 Å². The van der Waals surface area contributed by atoms with Gasteiger partial charge in [-0.05, 0) is 36.5 Å². The Morgan fingerprint density at radius 1 is 1.33 bits per heavy atom. The fourth-order valence-corrected chi connectivity index (χ4v) is 3.78. The number of benzene rings is 1. The summed E-state index contributed by atoms with van der Waals surface area (Å²) >= 11 is 12.0. The molecule has 2 rings (SSSR count). The molecule has 1 aromatic carbocycles. The summed E-state index contributed by atoms with van der Waals surface area (Å²) < 4.78 is 32.3. The molecule has 1 aromatic rings. The maximum atomic E-state index is 12.2. The Bertz CT molecular complexity index is 604. The van der Waals surface area contributed by atoms with E-state index in [4.69, 9.17) is 33.7 Å². The standard InChI is InChI=1S/C13H18Cl2N2O3S/c14-11-5-10(7-16)13(15)12(6-11)21(18,19)17-3-4-20-8-9-1-2-9/h5-6,9,17H,1-4,7-8,16H2. The van der Waals surface area contributed by atoms with Crippen LogP contribution in [-0.4, -0.2) is 28.2 Å². The second-order valence-electron chi connectivity index (χ2n) is 5.00. The van der Waals surface area contributed by atoms with Crippen LogP contribution in [-0.2, 0) is 21.3 Å². The number of nitrogens with one attached hydrogen (secondary N) is 1. The monoisotopic (exact) mass is 352 g/mol. The average Bonchev–Trinajstić information content (AvgIpc) is 3.24. The summed E-state index contributed by atoms with van der Waals surface area (Å²) in [5.74, 6) is 0.649. The van der Waals surface area contributed by atoms with Crippen molar-refractivity contribution in [1.82, 2.24) is 4.72 Å². The predicted octanol–water partition coefficient (Wildman–Crippen LogP) is 2.16. The van der Waals surface area contributed by atoms with E-state index in [0.29, 0.717) is 24.7 Å². The normalized spacial score (nSPS) is 15.4. The van der Waals surface area contributed by atoms with E-state index in [9.17, 15) is 8.42 Å². The van der Waals surface area contributed by atoms with E-state index in [1.54, 1.807) is 6.07 Å². The van der Waals surface area contributed by atoms with Gasteiger partial charge in [0.25, 0.3) is 0 Å². The van der Waals surface area contributed by atoms with Crippen LogP contribution in [0.5, 0.6) is 0 Å². The molecular formula is C13H18Cl2N2O3S. The molecule has 0 aromatic heterocycles. The highest BCUT2D eigenvalue weighted by molar-refractivity contribution is 7.89. The Morgan fingerprint density at radius 2 is 2.05 bits per heavy atom. The second kappa shape index (κ2) is 7.26.